The van der Waals surface area contributed by atoms with Crippen molar-refractivity contribution in [2.24, 2.45) is 14.1 Å². The number of aryl methyl sites for hydroxylation is 2. The highest BCUT2D eigenvalue weighted by molar-refractivity contribution is 6.35. The Morgan fingerprint density at radius 1 is 0.806 bits per heavy atom. The van der Waals surface area contributed by atoms with Gasteiger partial charge in [0, 0.05) is 29.4 Å². The molecule has 0 spiro atoms. The normalized spacial score (nSPS) is 13.7. The van der Waals surface area contributed by atoms with E-state index in [0.29, 0.717) is 11.1 Å². The Kier molecular flexibility index (Phi) is 3.60. The molecule has 150 valence electrons. The minimum Gasteiger partial charge on any atom is -0.338 e. The Balaban J connectivity index is 1.75. The van der Waals surface area contributed by atoms with E-state index in [1.807, 2.05) is 85.5 Å². The van der Waals surface area contributed by atoms with Crippen molar-refractivity contribution in [3.63, 3.8) is 0 Å². The second-order valence-corrected chi connectivity index (χ2v) is 8.11. The smallest absolute Gasteiger partial charge is 0.262 e. The van der Waals surface area contributed by atoms with Crippen LogP contribution in [-0.4, -0.2) is 21.3 Å². The minimum absolute atomic E-state index is 0.224. The van der Waals surface area contributed by atoms with E-state index in [9.17, 15) is 9.59 Å². The van der Waals surface area contributed by atoms with E-state index in [2.05, 4.69) is 10.6 Å². The third-order valence-electron chi connectivity index (χ3n) is 6.38. The van der Waals surface area contributed by atoms with Crippen molar-refractivity contribution in [3.8, 4) is 0 Å². The number of benzene rings is 3. The fourth-order valence-corrected chi connectivity index (χ4v) is 5.00. The molecule has 0 saturated heterocycles. The zero-order valence-corrected chi connectivity index (χ0v) is 17.3. The molecule has 0 N–H and O–H groups in total. The summed E-state index contributed by atoms with van der Waals surface area (Å²) in [6.45, 7) is 0.264. The lowest BCUT2D eigenvalue weighted by Gasteiger charge is -2.13. The Morgan fingerprint density at radius 2 is 1.48 bits per heavy atom. The third kappa shape index (κ3) is 2.28. The molecule has 1 aliphatic rings. The first-order valence-electron chi connectivity index (χ1n) is 10.3. The number of fused-ring (bicyclic) bond motifs is 8. The van der Waals surface area contributed by atoms with Crippen LogP contribution in [0.2, 0.25) is 0 Å². The maximum Gasteiger partial charge on any atom is 0.262 e. The largest absolute Gasteiger partial charge is 0.338 e. The standard InChI is InChI=1S/C26H20N3O2/c1-27-14-8-12-18-21-22(26(31)29(25(21)30)15-16-9-4-3-5-10-16)20-17-11-6-7-13-19(17)28(2)24(20)23(18)27/h3-14H,15H2,1-2H3/q+1. The first-order chi connectivity index (χ1) is 15.1. The topological polar surface area (TPSA) is 46.2 Å². The molecule has 5 aromatic rings. The van der Waals surface area contributed by atoms with Crippen LogP contribution >= 0.6 is 0 Å². The van der Waals surface area contributed by atoms with Gasteiger partial charge in [-0.05, 0) is 17.7 Å². The number of hydrogen-bond acceptors (Lipinski definition) is 2. The number of rotatable bonds is 2. The van der Waals surface area contributed by atoms with E-state index in [-0.39, 0.29) is 18.4 Å². The predicted molar refractivity (Wildman–Crippen MR) is 120 cm³/mol. The average molecular weight is 406 g/mol. The summed E-state index contributed by atoms with van der Waals surface area (Å²) in [6.07, 6.45) is 1.98. The Labute approximate surface area is 178 Å². The molecule has 0 radical (unpaired) electrons. The van der Waals surface area contributed by atoms with Gasteiger partial charge in [0.05, 0.1) is 23.1 Å². The van der Waals surface area contributed by atoms with Crippen LogP contribution in [0.5, 0.6) is 0 Å². The molecule has 2 amide bonds. The maximum absolute atomic E-state index is 13.7. The van der Waals surface area contributed by atoms with Crippen LogP contribution in [0.3, 0.4) is 0 Å². The molecule has 31 heavy (non-hydrogen) atoms. The van der Waals surface area contributed by atoms with Crippen LogP contribution in [0.1, 0.15) is 26.3 Å². The number of carbonyl (C=O) groups excluding carboxylic acids is 2. The van der Waals surface area contributed by atoms with Crippen LogP contribution in [0, 0.1) is 0 Å². The van der Waals surface area contributed by atoms with Gasteiger partial charge in [0.1, 0.15) is 12.6 Å². The Morgan fingerprint density at radius 3 is 2.29 bits per heavy atom. The number of aromatic nitrogens is 2. The number of hydrogen-bond donors (Lipinski definition) is 0. The second-order valence-electron chi connectivity index (χ2n) is 8.11. The summed E-state index contributed by atoms with van der Waals surface area (Å²) in [4.78, 5) is 28.7. The summed E-state index contributed by atoms with van der Waals surface area (Å²) in [7, 11) is 4.00. The maximum atomic E-state index is 13.7. The number of amides is 2. The van der Waals surface area contributed by atoms with Crippen LogP contribution in [-0.2, 0) is 20.6 Å². The van der Waals surface area contributed by atoms with E-state index < -0.39 is 0 Å². The summed E-state index contributed by atoms with van der Waals surface area (Å²) < 4.78 is 4.17. The van der Waals surface area contributed by atoms with Gasteiger partial charge in [0.15, 0.2) is 6.20 Å². The number of nitrogens with zero attached hydrogens (tertiary/aromatic N) is 3. The molecule has 0 atom stereocenters. The van der Waals surface area contributed by atoms with Crippen LogP contribution < -0.4 is 4.57 Å². The molecule has 3 aromatic carbocycles. The molecule has 5 heteroatoms. The van der Waals surface area contributed by atoms with Crippen molar-refractivity contribution >= 4 is 44.5 Å². The molecular formula is C26H20N3O2+. The van der Waals surface area contributed by atoms with Gasteiger partial charge in [-0.1, -0.05) is 48.5 Å². The molecule has 6 rings (SSSR count). The summed E-state index contributed by atoms with van der Waals surface area (Å²) in [5.74, 6) is -0.450. The van der Waals surface area contributed by atoms with Crippen molar-refractivity contribution in [2.45, 2.75) is 6.54 Å². The van der Waals surface area contributed by atoms with Crippen molar-refractivity contribution in [2.75, 3.05) is 0 Å². The molecular weight excluding hydrogens is 386 g/mol. The molecule has 3 heterocycles. The Bertz CT molecular complexity index is 1560. The first-order valence-corrected chi connectivity index (χ1v) is 10.3. The molecule has 0 fully saturated rings. The lowest BCUT2D eigenvalue weighted by molar-refractivity contribution is -0.644. The molecule has 1 aliphatic heterocycles. The summed E-state index contributed by atoms with van der Waals surface area (Å²) >= 11 is 0. The fourth-order valence-electron chi connectivity index (χ4n) is 5.00. The van der Waals surface area contributed by atoms with Gasteiger partial charge < -0.3 is 4.57 Å². The number of carbonyl (C=O) groups is 2. The van der Waals surface area contributed by atoms with Gasteiger partial charge >= 0.3 is 0 Å². The van der Waals surface area contributed by atoms with Gasteiger partial charge in [0.25, 0.3) is 11.8 Å². The molecule has 5 nitrogen and oxygen atoms in total. The van der Waals surface area contributed by atoms with Gasteiger partial charge in [0.2, 0.25) is 5.52 Å². The van der Waals surface area contributed by atoms with Crippen molar-refractivity contribution in [1.29, 1.82) is 0 Å². The third-order valence-corrected chi connectivity index (χ3v) is 6.38. The van der Waals surface area contributed by atoms with E-state index in [0.717, 1.165) is 38.3 Å². The summed E-state index contributed by atoms with van der Waals surface area (Å²) in [6, 6.07) is 21.6. The quantitative estimate of drug-likeness (QED) is 0.327. The second kappa shape index (κ2) is 6.25. The summed E-state index contributed by atoms with van der Waals surface area (Å²) in [5.41, 5.74) is 4.93. The van der Waals surface area contributed by atoms with Crippen molar-refractivity contribution in [1.82, 2.24) is 9.47 Å². The number of pyridine rings is 1. The van der Waals surface area contributed by atoms with Crippen molar-refractivity contribution < 1.29 is 14.2 Å². The Hall–Kier alpha value is -3.99. The lowest BCUT2D eigenvalue weighted by atomic mass is 9.97. The van der Waals surface area contributed by atoms with Gasteiger partial charge in [-0.25, -0.2) is 0 Å². The SMILES string of the molecule is Cn1c2ccccc2c2c3c(c4ccc[n+](C)c4c21)C(=O)N(Cc1ccccc1)C3=O. The molecule has 0 saturated carbocycles. The van der Waals surface area contributed by atoms with Gasteiger partial charge in [-0.3, -0.25) is 14.5 Å². The molecule has 0 bridgehead atoms. The first kappa shape index (κ1) is 17.8. The zero-order valence-electron chi connectivity index (χ0n) is 17.3. The van der Waals surface area contributed by atoms with E-state index >= 15 is 0 Å². The monoisotopic (exact) mass is 406 g/mol. The van der Waals surface area contributed by atoms with Crippen molar-refractivity contribution in [3.05, 3.63) is 89.6 Å². The van der Waals surface area contributed by atoms with E-state index in [4.69, 9.17) is 0 Å². The van der Waals surface area contributed by atoms with E-state index in [1.165, 1.54) is 4.90 Å². The van der Waals surface area contributed by atoms with Gasteiger partial charge in [-0.15, -0.1) is 0 Å². The highest BCUT2D eigenvalue weighted by Crippen LogP contribution is 2.41. The highest BCUT2D eigenvalue weighted by atomic mass is 16.2. The summed E-state index contributed by atoms with van der Waals surface area (Å²) in [5, 5.41) is 2.66. The molecule has 2 aromatic heterocycles. The van der Waals surface area contributed by atoms with Crippen LogP contribution in [0.4, 0.5) is 0 Å². The zero-order chi connectivity index (χ0) is 21.3. The highest BCUT2D eigenvalue weighted by Gasteiger charge is 2.41. The number of para-hydroxylation sites is 1. The fraction of sp³-hybridized carbons (Fsp3) is 0.115. The molecule has 0 unspecified atom stereocenters. The van der Waals surface area contributed by atoms with Gasteiger partial charge in [-0.2, -0.15) is 4.57 Å². The van der Waals surface area contributed by atoms with Crippen LogP contribution in [0.15, 0.2) is 72.9 Å². The minimum atomic E-state index is -0.227. The number of imide groups is 1. The average Bonchev–Trinajstić information content (AvgIpc) is 3.22. The lowest BCUT2D eigenvalue weighted by Crippen LogP contribution is -2.30. The molecule has 0 aliphatic carbocycles. The predicted octanol–water partition coefficient (Wildman–Crippen LogP) is 4.11. The van der Waals surface area contributed by atoms with E-state index in [1.54, 1.807) is 0 Å². The van der Waals surface area contributed by atoms with Crippen LogP contribution in [0.25, 0.3) is 32.7 Å².